The van der Waals surface area contributed by atoms with Gasteiger partial charge in [-0.2, -0.15) is 0 Å². The lowest BCUT2D eigenvalue weighted by molar-refractivity contribution is -0.156. The maximum atomic E-state index is 12.7. The second-order valence-corrected chi connectivity index (χ2v) is 7.52. The van der Waals surface area contributed by atoms with Crippen LogP contribution in [0.1, 0.15) is 47.1 Å². The molecule has 8 nitrogen and oxygen atoms in total. The number of primary amides is 1. The maximum Gasteiger partial charge on any atom is 0.329 e. The van der Waals surface area contributed by atoms with E-state index in [1.165, 1.54) is 31.2 Å². The average molecular weight is 425 g/mol. The van der Waals surface area contributed by atoms with Crippen molar-refractivity contribution in [2.24, 2.45) is 11.7 Å². The van der Waals surface area contributed by atoms with Crippen molar-refractivity contribution in [3.05, 3.63) is 65.2 Å². The molecular formula is C23H27N3O5. The summed E-state index contributed by atoms with van der Waals surface area (Å²) < 4.78 is 5.30. The molecule has 8 heteroatoms. The van der Waals surface area contributed by atoms with Gasteiger partial charge < -0.3 is 21.1 Å². The van der Waals surface area contributed by atoms with Gasteiger partial charge in [-0.1, -0.05) is 32.0 Å². The number of carbonyl (C=O) groups excluding carboxylic acids is 4. The van der Waals surface area contributed by atoms with Crippen LogP contribution in [0.25, 0.3) is 0 Å². The predicted octanol–water partition coefficient (Wildman–Crippen LogP) is 2.42. The van der Waals surface area contributed by atoms with Crippen LogP contribution in [-0.2, 0) is 14.3 Å². The number of hydrogen-bond donors (Lipinski definition) is 3. The Morgan fingerprint density at radius 1 is 0.935 bits per heavy atom. The Morgan fingerprint density at radius 3 is 2.10 bits per heavy atom. The highest BCUT2D eigenvalue weighted by atomic mass is 16.5. The summed E-state index contributed by atoms with van der Waals surface area (Å²) in [6.07, 6.45) is -1.10. The lowest BCUT2D eigenvalue weighted by atomic mass is 10.0. The van der Waals surface area contributed by atoms with E-state index in [1.807, 2.05) is 6.07 Å². The van der Waals surface area contributed by atoms with Crippen molar-refractivity contribution in [1.29, 1.82) is 0 Å². The van der Waals surface area contributed by atoms with Crippen molar-refractivity contribution >= 4 is 29.4 Å². The van der Waals surface area contributed by atoms with Crippen LogP contribution >= 0.6 is 0 Å². The minimum atomic E-state index is -1.10. The summed E-state index contributed by atoms with van der Waals surface area (Å²) in [4.78, 5) is 48.7. The number of aryl methyl sites for hydroxylation is 1. The molecular weight excluding hydrogens is 398 g/mol. The van der Waals surface area contributed by atoms with Gasteiger partial charge in [0, 0.05) is 16.8 Å². The highest BCUT2D eigenvalue weighted by Crippen LogP contribution is 2.13. The SMILES string of the molecule is Cc1ccccc1C(=O)N[C@H](C(=O)O[C@H](C)C(=O)Nc1ccc(C(N)=O)cc1)C(C)C. The summed E-state index contributed by atoms with van der Waals surface area (Å²) in [5.41, 5.74) is 7.16. The normalized spacial score (nSPS) is 12.5. The van der Waals surface area contributed by atoms with Crippen LogP contribution in [0.4, 0.5) is 5.69 Å². The van der Waals surface area contributed by atoms with Crippen molar-refractivity contribution in [1.82, 2.24) is 5.32 Å². The summed E-state index contributed by atoms with van der Waals surface area (Å²) in [5, 5.41) is 5.30. The smallest absolute Gasteiger partial charge is 0.329 e. The number of carbonyl (C=O) groups is 4. The Morgan fingerprint density at radius 2 is 1.55 bits per heavy atom. The second kappa shape index (κ2) is 10.4. The highest BCUT2D eigenvalue weighted by Gasteiger charge is 2.29. The van der Waals surface area contributed by atoms with E-state index in [9.17, 15) is 19.2 Å². The predicted molar refractivity (Wildman–Crippen MR) is 116 cm³/mol. The van der Waals surface area contributed by atoms with Crippen LogP contribution in [0.5, 0.6) is 0 Å². The number of benzene rings is 2. The molecule has 31 heavy (non-hydrogen) atoms. The Kier molecular flexibility index (Phi) is 7.90. The molecule has 2 rings (SSSR count). The number of ether oxygens (including phenoxy) is 1. The number of nitrogens with two attached hydrogens (primary N) is 1. The van der Waals surface area contributed by atoms with E-state index in [2.05, 4.69) is 10.6 Å². The van der Waals surface area contributed by atoms with Gasteiger partial charge in [0.25, 0.3) is 11.8 Å². The van der Waals surface area contributed by atoms with Crippen molar-refractivity contribution in [3.63, 3.8) is 0 Å². The van der Waals surface area contributed by atoms with E-state index in [4.69, 9.17) is 10.5 Å². The van der Waals surface area contributed by atoms with Gasteiger partial charge >= 0.3 is 5.97 Å². The fourth-order valence-corrected chi connectivity index (χ4v) is 2.81. The molecule has 0 spiro atoms. The van der Waals surface area contributed by atoms with Gasteiger partial charge in [-0.15, -0.1) is 0 Å². The van der Waals surface area contributed by atoms with Gasteiger partial charge in [-0.3, -0.25) is 14.4 Å². The van der Waals surface area contributed by atoms with E-state index < -0.39 is 29.9 Å². The molecule has 0 aliphatic heterocycles. The van der Waals surface area contributed by atoms with Crippen LogP contribution < -0.4 is 16.4 Å². The van der Waals surface area contributed by atoms with Gasteiger partial charge in [0.05, 0.1) is 0 Å². The Hall–Kier alpha value is -3.68. The lowest BCUT2D eigenvalue weighted by Gasteiger charge is -2.23. The quantitative estimate of drug-likeness (QED) is 0.560. The molecule has 0 aliphatic rings. The minimum Gasteiger partial charge on any atom is -0.451 e. The Balaban J connectivity index is 2.00. The second-order valence-electron chi connectivity index (χ2n) is 7.52. The molecule has 0 radical (unpaired) electrons. The molecule has 0 unspecified atom stereocenters. The molecule has 2 atom stereocenters. The summed E-state index contributed by atoms with van der Waals surface area (Å²) in [6.45, 7) is 6.79. The van der Waals surface area contributed by atoms with Gasteiger partial charge in [-0.05, 0) is 55.7 Å². The third kappa shape index (κ3) is 6.40. The van der Waals surface area contributed by atoms with Crippen molar-refractivity contribution < 1.29 is 23.9 Å². The zero-order valence-corrected chi connectivity index (χ0v) is 18.0. The topological polar surface area (TPSA) is 128 Å². The van der Waals surface area contributed by atoms with Crippen LogP contribution in [0.2, 0.25) is 0 Å². The molecule has 0 aromatic heterocycles. The zero-order chi connectivity index (χ0) is 23.1. The zero-order valence-electron chi connectivity index (χ0n) is 18.0. The Labute approximate surface area is 181 Å². The molecule has 0 bridgehead atoms. The summed E-state index contributed by atoms with van der Waals surface area (Å²) in [7, 11) is 0. The number of anilines is 1. The minimum absolute atomic E-state index is 0.253. The molecule has 2 aromatic rings. The largest absolute Gasteiger partial charge is 0.451 e. The van der Waals surface area contributed by atoms with Gasteiger partial charge in [0.1, 0.15) is 6.04 Å². The number of hydrogen-bond acceptors (Lipinski definition) is 5. The highest BCUT2D eigenvalue weighted by molar-refractivity contribution is 5.99. The summed E-state index contributed by atoms with van der Waals surface area (Å²) in [5.74, 6) is -2.47. The van der Waals surface area contributed by atoms with E-state index in [0.29, 0.717) is 16.8 Å². The van der Waals surface area contributed by atoms with E-state index >= 15 is 0 Å². The fraction of sp³-hybridized carbons (Fsp3) is 0.304. The summed E-state index contributed by atoms with van der Waals surface area (Å²) in [6, 6.07) is 12.1. The standard InChI is InChI=1S/C23H27N3O5/c1-13(2)19(26-22(29)18-8-6-5-7-14(18)3)23(30)31-15(4)21(28)25-17-11-9-16(10-12-17)20(24)27/h5-13,15,19H,1-4H3,(H2,24,27)(H,25,28)(H,26,29)/t15-,19+/m1/s1. The van der Waals surface area contributed by atoms with E-state index in [0.717, 1.165) is 5.56 Å². The number of nitrogens with one attached hydrogen (secondary N) is 2. The fourth-order valence-electron chi connectivity index (χ4n) is 2.81. The molecule has 4 N–H and O–H groups in total. The van der Waals surface area contributed by atoms with E-state index in [-0.39, 0.29) is 11.8 Å². The van der Waals surface area contributed by atoms with Crippen LogP contribution in [0.15, 0.2) is 48.5 Å². The van der Waals surface area contributed by atoms with Gasteiger partial charge in [-0.25, -0.2) is 4.79 Å². The first-order valence-electron chi connectivity index (χ1n) is 9.88. The summed E-state index contributed by atoms with van der Waals surface area (Å²) >= 11 is 0. The Bertz CT molecular complexity index is 969. The number of esters is 1. The van der Waals surface area contributed by atoms with Gasteiger partial charge in [0.2, 0.25) is 5.91 Å². The molecule has 2 aromatic carbocycles. The van der Waals surface area contributed by atoms with Crippen molar-refractivity contribution in [3.8, 4) is 0 Å². The third-order valence-electron chi connectivity index (χ3n) is 4.70. The maximum absolute atomic E-state index is 12.7. The monoisotopic (exact) mass is 425 g/mol. The van der Waals surface area contributed by atoms with Crippen molar-refractivity contribution in [2.75, 3.05) is 5.32 Å². The number of rotatable bonds is 8. The van der Waals surface area contributed by atoms with Crippen LogP contribution in [0.3, 0.4) is 0 Å². The van der Waals surface area contributed by atoms with Crippen LogP contribution in [0, 0.1) is 12.8 Å². The lowest BCUT2D eigenvalue weighted by Crippen LogP contribution is -2.47. The molecule has 0 fully saturated rings. The molecule has 0 heterocycles. The first-order valence-corrected chi connectivity index (χ1v) is 9.88. The first-order chi connectivity index (χ1) is 14.6. The molecule has 3 amide bonds. The average Bonchev–Trinajstić information content (AvgIpc) is 2.72. The molecule has 164 valence electrons. The number of amides is 3. The molecule has 0 saturated carbocycles. The van der Waals surface area contributed by atoms with Gasteiger partial charge in [0.15, 0.2) is 6.10 Å². The van der Waals surface area contributed by atoms with E-state index in [1.54, 1.807) is 39.0 Å². The van der Waals surface area contributed by atoms with Crippen molar-refractivity contribution in [2.45, 2.75) is 39.8 Å². The third-order valence-corrected chi connectivity index (χ3v) is 4.70. The molecule has 0 aliphatic carbocycles. The molecule has 0 saturated heterocycles. The van der Waals surface area contributed by atoms with Crippen LogP contribution in [-0.4, -0.2) is 35.8 Å². The first kappa shape index (κ1) is 23.6.